The van der Waals surface area contributed by atoms with Crippen LogP contribution < -0.4 is 5.73 Å². The van der Waals surface area contributed by atoms with Gasteiger partial charge in [0.05, 0.1) is 31.8 Å². The van der Waals surface area contributed by atoms with Crippen LogP contribution in [0, 0.1) is 28.1 Å². The van der Waals surface area contributed by atoms with Gasteiger partial charge in [-0.05, 0) is 12.0 Å². The minimum Gasteiger partial charge on any atom is -0.474 e. The van der Waals surface area contributed by atoms with Crippen molar-refractivity contribution >= 4 is 5.84 Å². The summed E-state index contributed by atoms with van der Waals surface area (Å²) in [5, 5.41) is 19.9. The Bertz CT molecular complexity index is 791. The van der Waals surface area contributed by atoms with E-state index in [1.807, 2.05) is 30.3 Å². The summed E-state index contributed by atoms with van der Waals surface area (Å²) in [5.74, 6) is -0.267. The molecular formula is C19H20N4O3. The molecule has 1 aromatic rings. The predicted octanol–water partition coefficient (Wildman–Crippen LogP) is 1.84. The molecule has 0 fully saturated rings. The number of ether oxygens (including phenoxy) is 3. The summed E-state index contributed by atoms with van der Waals surface area (Å²) in [4.78, 5) is 4.28. The van der Waals surface area contributed by atoms with Gasteiger partial charge in [-0.3, -0.25) is 0 Å². The molecule has 134 valence electrons. The van der Waals surface area contributed by atoms with Crippen molar-refractivity contribution in [1.82, 2.24) is 0 Å². The lowest BCUT2D eigenvalue weighted by molar-refractivity contribution is 0.0257. The Morgan fingerprint density at radius 3 is 2.42 bits per heavy atom. The molecule has 7 nitrogen and oxygen atoms in total. The molecule has 3 aliphatic rings. The van der Waals surface area contributed by atoms with E-state index in [-0.39, 0.29) is 18.3 Å². The summed E-state index contributed by atoms with van der Waals surface area (Å²) in [6, 6.07) is 13.9. The lowest BCUT2D eigenvalue weighted by Gasteiger charge is -2.37. The Hall–Kier alpha value is -2.87. The monoisotopic (exact) mass is 352 g/mol. The molecule has 0 saturated heterocycles. The van der Waals surface area contributed by atoms with E-state index in [0.717, 1.165) is 5.56 Å². The molecule has 0 aliphatic carbocycles. The van der Waals surface area contributed by atoms with Crippen LogP contribution in [0.4, 0.5) is 0 Å². The van der Waals surface area contributed by atoms with Crippen LogP contribution in [0.3, 0.4) is 0 Å². The number of hydrogen-bond donors (Lipinski definition) is 1. The van der Waals surface area contributed by atoms with Gasteiger partial charge in [0.15, 0.2) is 0 Å². The number of rotatable bonds is 1. The van der Waals surface area contributed by atoms with Crippen LogP contribution >= 0.6 is 0 Å². The van der Waals surface area contributed by atoms with Crippen LogP contribution in [0.15, 0.2) is 46.8 Å². The molecule has 7 heteroatoms. The second kappa shape index (κ2) is 8.01. The number of benzene rings is 1. The van der Waals surface area contributed by atoms with Crippen LogP contribution in [0.2, 0.25) is 0 Å². The number of aliphatic imine (C=N–C) groups is 1. The first kappa shape index (κ1) is 17.9. The molecule has 2 bridgehead atoms. The zero-order chi connectivity index (χ0) is 18.4. The van der Waals surface area contributed by atoms with E-state index >= 15 is 0 Å². The van der Waals surface area contributed by atoms with Gasteiger partial charge in [-0.25, -0.2) is 0 Å². The Kier molecular flexibility index (Phi) is 5.52. The lowest BCUT2D eigenvalue weighted by Crippen LogP contribution is -2.45. The van der Waals surface area contributed by atoms with E-state index < -0.39 is 11.3 Å². The molecule has 2 N–H and O–H groups in total. The standard InChI is InChI=1S/C19H20N4O3/c20-12-15-16(14-4-2-1-3-5-14)19(13-21)6-7-24-8-9-25-10-11-26-17(15)23-18(19)22/h1-5,16H,6-11H2,(H2,22,23). The summed E-state index contributed by atoms with van der Waals surface area (Å²) in [5.41, 5.74) is 6.19. The number of fused-ring (bicyclic) bond motifs is 9. The second-order valence-electron chi connectivity index (χ2n) is 6.08. The maximum Gasteiger partial charge on any atom is 0.229 e. The number of nitrogens with zero attached hydrogens (tertiary/aromatic N) is 3. The van der Waals surface area contributed by atoms with Crippen LogP contribution in [0.5, 0.6) is 0 Å². The van der Waals surface area contributed by atoms with E-state index in [1.165, 1.54) is 0 Å². The summed E-state index contributed by atoms with van der Waals surface area (Å²) in [7, 11) is 0. The molecule has 0 spiro atoms. The molecule has 1 aromatic carbocycles. The van der Waals surface area contributed by atoms with E-state index in [2.05, 4.69) is 17.1 Å². The molecule has 3 heterocycles. The minimum absolute atomic E-state index is 0.145. The molecule has 26 heavy (non-hydrogen) atoms. The van der Waals surface area contributed by atoms with Crippen molar-refractivity contribution < 1.29 is 14.2 Å². The van der Waals surface area contributed by atoms with Crippen molar-refractivity contribution in [3.63, 3.8) is 0 Å². The molecule has 2 unspecified atom stereocenters. The SMILES string of the molecule is N#CC1=C2N=C(N)C(C#N)(CCOCCOCCO2)C1c1ccccc1. The van der Waals surface area contributed by atoms with Gasteiger partial charge in [0, 0.05) is 6.61 Å². The second-order valence-corrected chi connectivity index (χ2v) is 6.08. The Labute approximate surface area is 152 Å². The normalized spacial score (nSPS) is 27.0. The highest BCUT2D eigenvalue weighted by Gasteiger charge is 2.50. The Morgan fingerprint density at radius 1 is 1.04 bits per heavy atom. The van der Waals surface area contributed by atoms with Crippen molar-refractivity contribution in [3.8, 4) is 12.1 Å². The number of allylic oxidation sites excluding steroid dienone is 1. The maximum atomic E-state index is 10.1. The molecule has 0 amide bonds. The smallest absolute Gasteiger partial charge is 0.229 e. The third-order valence-corrected chi connectivity index (χ3v) is 4.62. The van der Waals surface area contributed by atoms with Crippen molar-refractivity contribution in [1.29, 1.82) is 10.5 Å². The first-order chi connectivity index (χ1) is 12.7. The fourth-order valence-electron chi connectivity index (χ4n) is 3.31. The fraction of sp³-hybridized carbons (Fsp3) is 0.421. The quantitative estimate of drug-likeness (QED) is 0.772. The number of nitriles is 2. The summed E-state index contributed by atoms with van der Waals surface area (Å²) >= 11 is 0. The van der Waals surface area contributed by atoms with Gasteiger partial charge in [0.25, 0.3) is 0 Å². The molecule has 0 radical (unpaired) electrons. The average molecular weight is 352 g/mol. The van der Waals surface area contributed by atoms with E-state index in [1.54, 1.807) is 0 Å². The van der Waals surface area contributed by atoms with E-state index in [0.29, 0.717) is 38.4 Å². The van der Waals surface area contributed by atoms with Gasteiger partial charge in [-0.1, -0.05) is 30.3 Å². The minimum atomic E-state index is -1.17. The van der Waals surface area contributed by atoms with E-state index in [4.69, 9.17) is 19.9 Å². The zero-order valence-electron chi connectivity index (χ0n) is 14.4. The number of hydrogen-bond acceptors (Lipinski definition) is 7. The first-order valence-corrected chi connectivity index (χ1v) is 8.46. The van der Waals surface area contributed by atoms with Crippen LogP contribution in [-0.2, 0) is 14.2 Å². The van der Waals surface area contributed by atoms with Gasteiger partial charge in [0.2, 0.25) is 5.88 Å². The molecular weight excluding hydrogens is 332 g/mol. The van der Waals surface area contributed by atoms with Gasteiger partial charge in [-0.15, -0.1) is 0 Å². The molecule has 3 aliphatic heterocycles. The summed E-state index contributed by atoms with van der Waals surface area (Å²) in [6.07, 6.45) is 0.316. The van der Waals surface area contributed by atoms with Crippen molar-refractivity contribution in [3.05, 3.63) is 47.4 Å². The first-order valence-electron chi connectivity index (χ1n) is 8.46. The highest BCUT2D eigenvalue weighted by Crippen LogP contribution is 2.47. The van der Waals surface area contributed by atoms with Crippen molar-refractivity contribution in [2.45, 2.75) is 12.3 Å². The van der Waals surface area contributed by atoms with Crippen LogP contribution in [0.25, 0.3) is 0 Å². The Morgan fingerprint density at radius 2 is 1.73 bits per heavy atom. The van der Waals surface area contributed by atoms with Gasteiger partial charge >= 0.3 is 0 Å². The third kappa shape index (κ3) is 3.28. The molecule has 0 aromatic heterocycles. The third-order valence-electron chi connectivity index (χ3n) is 4.62. The van der Waals surface area contributed by atoms with Crippen LogP contribution in [-0.4, -0.2) is 38.9 Å². The fourth-order valence-corrected chi connectivity index (χ4v) is 3.31. The van der Waals surface area contributed by atoms with Gasteiger partial charge in [-0.2, -0.15) is 15.5 Å². The molecule has 4 rings (SSSR count). The average Bonchev–Trinajstić information content (AvgIpc) is 2.70. The van der Waals surface area contributed by atoms with Gasteiger partial charge in [0.1, 0.15) is 29.5 Å². The largest absolute Gasteiger partial charge is 0.474 e. The summed E-state index contributed by atoms with van der Waals surface area (Å²) < 4.78 is 16.7. The number of nitrogens with two attached hydrogens (primary N) is 1. The summed E-state index contributed by atoms with van der Waals surface area (Å²) in [6.45, 7) is 1.75. The molecule has 2 atom stereocenters. The maximum absolute atomic E-state index is 10.1. The topological polar surface area (TPSA) is 114 Å². The number of amidine groups is 1. The molecule has 0 saturated carbocycles. The van der Waals surface area contributed by atoms with E-state index in [9.17, 15) is 10.5 Å². The van der Waals surface area contributed by atoms with Crippen LogP contribution in [0.1, 0.15) is 17.9 Å². The van der Waals surface area contributed by atoms with Crippen molar-refractivity contribution in [2.24, 2.45) is 16.1 Å². The Balaban J connectivity index is 2.15. The van der Waals surface area contributed by atoms with Gasteiger partial charge < -0.3 is 19.9 Å². The zero-order valence-corrected chi connectivity index (χ0v) is 14.4. The highest BCUT2D eigenvalue weighted by molar-refractivity contribution is 5.93. The lowest BCUT2D eigenvalue weighted by atomic mass is 9.66. The highest BCUT2D eigenvalue weighted by atomic mass is 16.5. The predicted molar refractivity (Wildman–Crippen MR) is 93.7 cm³/mol. The van der Waals surface area contributed by atoms with Crippen molar-refractivity contribution in [2.75, 3.05) is 33.0 Å².